The van der Waals surface area contributed by atoms with Crippen LogP contribution in [0.3, 0.4) is 0 Å². The summed E-state index contributed by atoms with van der Waals surface area (Å²) < 4.78 is 13.2. The smallest absolute Gasteiger partial charge is 0.274 e. The van der Waals surface area contributed by atoms with Crippen molar-refractivity contribution < 1.29 is 9.18 Å². The summed E-state index contributed by atoms with van der Waals surface area (Å²) >= 11 is 0. The van der Waals surface area contributed by atoms with Crippen molar-refractivity contribution in [2.45, 2.75) is 20.4 Å². The summed E-state index contributed by atoms with van der Waals surface area (Å²) in [5.41, 5.74) is 3.53. The molecule has 2 aromatic carbocycles. The maximum atomic E-state index is 13.2. The second kappa shape index (κ2) is 7.74. The maximum Gasteiger partial charge on any atom is 0.274 e. The highest BCUT2D eigenvalue weighted by Gasteiger charge is 2.11. The third-order valence-electron chi connectivity index (χ3n) is 3.74. The summed E-state index contributed by atoms with van der Waals surface area (Å²) in [6, 6.07) is 15.4. The fraction of sp³-hybridized carbons (Fsp3) is 0.150. The highest BCUT2D eigenvalue weighted by Crippen LogP contribution is 2.13. The zero-order valence-electron chi connectivity index (χ0n) is 14.6. The summed E-state index contributed by atoms with van der Waals surface area (Å²) in [5, 5.41) is 5.76. The number of halogens is 1. The number of hydrogen-bond acceptors (Lipinski definition) is 4. The van der Waals surface area contributed by atoms with Crippen molar-refractivity contribution in [2.75, 3.05) is 10.6 Å². The molecule has 3 aromatic rings. The molecule has 0 saturated heterocycles. The average molecular weight is 350 g/mol. The molecule has 3 rings (SSSR count). The summed E-state index contributed by atoms with van der Waals surface area (Å²) in [6.45, 7) is 4.37. The molecule has 0 atom stereocenters. The summed E-state index contributed by atoms with van der Waals surface area (Å²) in [6.07, 6.45) is 0. The Kier molecular flexibility index (Phi) is 5.22. The monoisotopic (exact) mass is 350 g/mol. The van der Waals surface area contributed by atoms with E-state index in [2.05, 4.69) is 20.6 Å². The Hall–Kier alpha value is -3.28. The normalized spacial score (nSPS) is 10.4. The number of nitrogens with zero attached hydrogens (tertiary/aromatic N) is 2. The van der Waals surface area contributed by atoms with Gasteiger partial charge < -0.3 is 10.6 Å². The second-order valence-corrected chi connectivity index (χ2v) is 6.02. The van der Waals surface area contributed by atoms with Gasteiger partial charge in [0.05, 0.1) is 0 Å². The number of carbonyl (C=O) groups is 1. The molecule has 0 fully saturated rings. The summed E-state index contributed by atoms with van der Waals surface area (Å²) in [5.74, 6) is -0.462. The zero-order valence-corrected chi connectivity index (χ0v) is 14.6. The van der Waals surface area contributed by atoms with Crippen LogP contribution in [-0.4, -0.2) is 15.9 Å². The number of nitrogens with one attached hydrogen (secondary N) is 2. The van der Waals surface area contributed by atoms with E-state index in [4.69, 9.17) is 0 Å². The van der Waals surface area contributed by atoms with E-state index in [1.54, 1.807) is 19.1 Å². The van der Waals surface area contributed by atoms with Gasteiger partial charge in [0, 0.05) is 17.9 Å². The number of hydrogen-bond donors (Lipinski definition) is 2. The molecule has 1 amide bonds. The first kappa shape index (κ1) is 17.5. The topological polar surface area (TPSA) is 66.9 Å². The van der Waals surface area contributed by atoms with Gasteiger partial charge in [0.2, 0.25) is 5.95 Å². The Labute approximate surface area is 151 Å². The van der Waals surface area contributed by atoms with E-state index in [-0.39, 0.29) is 5.69 Å². The van der Waals surface area contributed by atoms with Gasteiger partial charge in [0.25, 0.3) is 5.91 Å². The van der Waals surface area contributed by atoms with E-state index in [1.165, 1.54) is 23.8 Å². The van der Waals surface area contributed by atoms with E-state index in [0.717, 1.165) is 5.56 Å². The van der Waals surface area contributed by atoms with Crippen LogP contribution in [0, 0.1) is 19.7 Å². The van der Waals surface area contributed by atoms with Crippen LogP contribution in [0.5, 0.6) is 0 Å². The van der Waals surface area contributed by atoms with Crippen LogP contribution in [0.1, 0.15) is 27.3 Å². The molecule has 0 saturated carbocycles. The number of anilines is 2. The minimum Gasteiger partial charge on any atom is -0.350 e. The molecule has 0 aliphatic carbocycles. The number of benzene rings is 2. The quantitative estimate of drug-likeness (QED) is 0.727. The Morgan fingerprint density at radius 2 is 1.81 bits per heavy atom. The van der Waals surface area contributed by atoms with Crippen LogP contribution < -0.4 is 10.6 Å². The summed E-state index contributed by atoms with van der Waals surface area (Å²) in [7, 11) is 0. The van der Waals surface area contributed by atoms with Gasteiger partial charge in [0.15, 0.2) is 0 Å². The van der Waals surface area contributed by atoms with Crippen LogP contribution in [0.15, 0.2) is 54.6 Å². The van der Waals surface area contributed by atoms with Crippen LogP contribution in [0.2, 0.25) is 0 Å². The van der Waals surface area contributed by atoms with Gasteiger partial charge in [-0.05, 0) is 43.7 Å². The Bertz CT molecular complexity index is 925. The van der Waals surface area contributed by atoms with Gasteiger partial charge >= 0.3 is 0 Å². The van der Waals surface area contributed by atoms with Crippen LogP contribution in [0.25, 0.3) is 0 Å². The SMILES string of the molecule is Cc1ccc(CNc2nc(C)cc(C(=O)Nc3cccc(F)c3)n2)cc1. The first-order valence-corrected chi connectivity index (χ1v) is 8.21. The van der Waals surface area contributed by atoms with Crippen molar-refractivity contribution in [1.82, 2.24) is 9.97 Å². The lowest BCUT2D eigenvalue weighted by molar-refractivity contribution is 0.102. The van der Waals surface area contributed by atoms with E-state index in [0.29, 0.717) is 23.9 Å². The first-order valence-electron chi connectivity index (χ1n) is 8.21. The summed E-state index contributed by atoms with van der Waals surface area (Å²) in [4.78, 5) is 21.0. The maximum absolute atomic E-state index is 13.2. The van der Waals surface area contributed by atoms with Gasteiger partial charge in [-0.1, -0.05) is 35.9 Å². The molecule has 6 heteroatoms. The molecule has 5 nitrogen and oxygen atoms in total. The second-order valence-electron chi connectivity index (χ2n) is 6.02. The minimum atomic E-state index is -0.417. The molecule has 0 bridgehead atoms. The number of carbonyl (C=O) groups excluding carboxylic acids is 1. The number of aryl methyl sites for hydroxylation is 2. The lowest BCUT2D eigenvalue weighted by Gasteiger charge is -2.09. The number of aromatic nitrogens is 2. The van der Waals surface area contributed by atoms with Gasteiger partial charge in [-0.3, -0.25) is 4.79 Å². The van der Waals surface area contributed by atoms with Gasteiger partial charge in [0.1, 0.15) is 11.5 Å². The standard InChI is InChI=1S/C20H19FN4O/c1-13-6-8-15(9-7-13)12-22-20-23-14(2)10-18(25-20)19(26)24-17-5-3-4-16(21)11-17/h3-11H,12H2,1-2H3,(H,24,26)(H,22,23,25). The fourth-order valence-electron chi connectivity index (χ4n) is 2.41. The largest absolute Gasteiger partial charge is 0.350 e. The van der Waals surface area contributed by atoms with Crippen molar-refractivity contribution in [1.29, 1.82) is 0 Å². The molecule has 26 heavy (non-hydrogen) atoms. The van der Waals surface area contributed by atoms with Crippen molar-refractivity contribution in [3.05, 3.63) is 82.9 Å². The predicted octanol–water partition coefficient (Wildman–Crippen LogP) is 4.10. The van der Waals surface area contributed by atoms with E-state index >= 15 is 0 Å². The molecule has 0 aliphatic rings. The third-order valence-corrected chi connectivity index (χ3v) is 3.74. The molecule has 0 radical (unpaired) electrons. The molecule has 1 heterocycles. The molecular formula is C20H19FN4O. The molecule has 0 unspecified atom stereocenters. The number of amides is 1. The average Bonchev–Trinajstić information content (AvgIpc) is 2.61. The van der Waals surface area contributed by atoms with Crippen LogP contribution in [-0.2, 0) is 6.54 Å². The predicted molar refractivity (Wildman–Crippen MR) is 99.6 cm³/mol. The Balaban J connectivity index is 1.72. The van der Waals surface area contributed by atoms with Crippen molar-refractivity contribution in [2.24, 2.45) is 0 Å². The highest BCUT2D eigenvalue weighted by molar-refractivity contribution is 6.03. The van der Waals surface area contributed by atoms with Gasteiger partial charge in [-0.15, -0.1) is 0 Å². The lowest BCUT2D eigenvalue weighted by Crippen LogP contribution is -2.16. The van der Waals surface area contributed by atoms with E-state index < -0.39 is 11.7 Å². The number of rotatable bonds is 5. The van der Waals surface area contributed by atoms with Gasteiger partial charge in [-0.2, -0.15) is 0 Å². The lowest BCUT2D eigenvalue weighted by atomic mass is 10.1. The minimum absolute atomic E-state index is 0.216. The molecular weight excluding hydrogens is 331 g/mol. The molecule has 132 valence electrons. The fourth-order valence-corrected chi connectivity index (χ4v) is 2.41. The van der Waals surface area contributed by atoms with E-state index in [1.807, 2.05) is 31.2 Å². The van der Waals surface area contributed by atoms with Crippen molar-refractivity contribution in [3.8, 4) is 0 Å². The Morgan fingerprint density at radius 3 is 2.54 bits per heavy atom. The molecule has 0 spiro atoms. The Morgan fingerprint density at radius 1 is 1.04 bits per heavy atom. The van der Waals surface area contributed by atoms with Crippen molar-refractivity contribution in [3.63, 3.8) is 0 Å². The molecule has 1 aromatic heterocycles. The molecule has 0 aliphatic heterocycles. The van der Waals surface area contributed by atoms with E-state index in [9.17, 15) is 9.18 Å². The first-order chi connectivity index (χ1) is 12.5. The molecule has 2 N–H and O–H groups in total. The van der Waals surface area contributed by atoms with Crippen molar-refractivity contribution >= 4 is 17.5 Å². The van der Waals surface area contributed by atoms with Gasteiger partial charge in [-0.25, -0.2) is 14.4 Å². The highest BCUT2D eigenvalue weighted by atomic mass is 19.1. The van der Waals surface area contributed by atoms with Crippen LogP contribution >= 0.6 is 0 Å². The third kappa shape index (κ3) is 4.63. The van der Waals surface area contributed by atoms with Crippen LogP contribution in [0.4, 0.5) is 16.0 Å². The zero-order chi connectivity index (χ0) is 18.5.